The van der Waals surface area contributed by atoms with E-state index in [0.717, 1.165) is 0 Å². The molecule has 0 saturated heterocycles. The molecule has 2 rings (SSSR count). The van der Waals surface area contributed by atoms with Crippen LogP contribution >= 0.6 is 27.5 Å². The SMILES string of the molecule is Nc1cc(Cl)nc(Nc2ccc(Br)c(F)c2)c1. The third-order valence-electron chi connectivity index (χ3n) is 2.01. The van der Waals surface area contributed by atoms with E-state index in [0.29, 0.717) is 21.7 Å². The van der Waals surface area contributed by atoms with Gasteiger partial charge < -0.3 is 11.1 Å². The highest BCUT2D eigenvalue weighted by Crippen LogP contribution is 2.23. The van der Waals surface area contributed by atoms with E-state index in [2.05, 4.69) is 26.2 Å². The largest absolute Gasteiger partial charge is 0.399 e. The van der Waals surface area contributed by atoms with E-state index in [4.69, 9.17) is 17.3 Å². The number of benzene rings is 1. The zero-order valence-electron chi connectivity index (χ0n) is 8.55. The van der Waals surface area contributed by atoms with Crippen molar-refractivity contribution in [1.29, 1.82) is 0 Å². The molecule has 6 heteroatoms. The predicted molar refractivity (Wildman–Crippen MR) is 71.0 cm³/mol. The molecule has 88 valence electrons. The Bertz CT molecular complexity index is 542. The Labute approximate surface area is 111 Å². The van der Waals surface area contributed by atoms with Gasteiger partial charge in [0.25, 0.3) is 0 Å². The van der Waals surface area contributed by atoms with Crippen LogP contribution in [0.2, 0.25) is 5.15 Å². The molecule has 17 heavy (non-hydrogen) atoms. The molecule has 0 aliphatic heterocycles. The first-order valence-electron chi connectivity index (χ1n) is 4.70. The van der Waals surface area contributed by atoms with Gasteiger partial charge in [0.1, 0.15) is 16.8 Å². The van der Waals surface area contributed by atoms with Gasteiger partial charge in [-0.2, -0.15) is 0 Å². The van der Waals surface area contributed by atoms with Gasteiger partial charge in [-0.1, -0.05) is 11.6 Å². The van der Waals surface area contributed by atoms with Crippen LogP contribution in [0.4, 0.5) is 21.6 Å². The maximum Gasteiger partial charge on any atom is 0.139 e. The second-order valence-electron chi connectivity index (χ2n) is 3.36. The van der Waals surface area contributed by atoms with Crippen LogP contribution in [0.5, 0.6) is 0 Å². The molecule has 2 aromatic rings. The maximum atomic E-state index is 13.3. The van der Waals surface area contributed by atoms with E-state index in [1.54, 1.807) is 18.2 Å². The van der Waals surface area contributed by atoms with Crippen molar-refractivity contribution < 1.29 is 4.39 Å². The third-order valence-corrected chi connectivity index (χ3v) is 2.85. The van der Waals surface area contributed by atoms with Crippen molar-refractivity contribution in [3.63, 3.8) is 0 Å². The number of aromatic nitrogens is 1. The summed E-state index contributed by atoms with van der Waals surface area (Å²) in [7, 11) is 0. The lowest BCUT2D eigenvalue weighted by atomic mass is 10.3. The maximum absolute atomic E-state index is 13.3. The van der Waals surface area contributed by atoms with Crippen LogP contribution in [0.15, 0.2) is 34.8 Å². The van der Waals surface area contributed by atoms with E-state index in [-0.39, 0.29) is 11.0 Å². The van der Waals surface area contributed by atoms with E-state index in [1.165, 1.54) is 12.1 Å². The second kappa shape index (κ2) is 4.89. The number of hydrogen-bond acceptors (Lipinski definition) is 3. The summed E-state index contributed by atoms with van der Waals surface area (Å²) in [5.41, 5.74) is 6.68. The Morgan fingerprint density at radius 2 is 2.06 bits per heavy atom. The van der Waals surface area contributed by atoms with E-state index in [1.807, 2.05) is 0 Å². The highest BCUT2D eigenvalue weighted by molar-refractivity contribution is 9.10. The first-order chi connectivity index (χ1) is 8.04. The standard InChI is InChI=1S/C11H8BrClFN3/c12-8-2-1-7(5-9(8)14)16-11-4-6(15)3-10(13)17-11/h1-5H,(H3,15,16,17). The first-order valence-corrected chi connectivity index (χ1v) is 5.87. The molecule has 1 aromatic heterocycles. The van der Waals surface area contributed by atoms with Crippen molar-refractivity contribution in [3.05, 3.63) is 45.8 Å². The number of nitrogens with two attached hydrogens (primary N) is 1. The van der Waals surface area contributed by atoms with Crippen LogP contribution in [-0.2, 0) is 0 Å². The lowest BCUT2D eigenvalue weighted by Crippen LogP contribution is -1.96. The minimum absolute atomic E-state index is 0.282. The normalized spacial score (nSPS) is 10.3. The number of nitrogens with one attached hydrogen (secondary N) is 1. The quantitative estimate of drug-likeness (QED) is 0.825. The zero-order chi connectivity index (χ0) is 12.4. The summed E-state index contributed by atoms with van der Waals surface area (Å²) < 4.78 is 13.7. The molecular formula is C11H8BrClFN3. The van der Waals surface area contributed by atoms with Gasteiger partial charge in [0.2, 0.25) is 0 Å². The summed E-state index contributed by atoms with van der Waals surface area (Å²) in [5, 5.41) is 3.20. The molecule has 1 aromatic carbocycles. The molecule has 0 fully saturated rings. The summed E-state index contributed by atoms with van der Waals surface area (Å²) in [6.07, 6.45) is 0. The number of rotatable bonds is 2. The summed E-state index contributed by atoms with van der Waals surface area (Å²) in [5.74, 6) is 0.113. The minimum Gasteiger partial charge on any atom is -0.399 e. The lowest BCUT2D eigenvalue weighted by Gasteiger charge is -2.07. The molecule has 3 N–H and O–H groups in total. The van der Waals surface area contributed by atoms with Crippen LogP contribution in [-0.4, -0.2) is 4.98 Å². The van der Waals surface area contributed by atoms with Crippen molar-refractivity contribution in [2.75, 3.05) is 11.1 Å². The molecular weight excluding hydrogens is 308 g/mol. The minimum atomic E-state index is -0.356. The van der Waals surface area contributed by atoms with Gasteiger partial charge in [0.05, 0.1) is 4.47 Å². The number of nitrogen functional groups attached to an aromatic ring is 1. The number of pyridine rings is 1. The van der Waals surface area contributed by atoms with Gasteiger partial charge in [-0.25, -0.2) is 9.37 Å². The molecule has 0 aliphatic carbocycles. The van der Waals surface area contributed by atoms with Gasteiger partial charge in [0.15, 0.2) is 0 Å². The average Bonchev–Trinajstić information content (AvgIpc) is 2.22. The smallest absolute Gasteiger partial charge is 0.139 e. The molecule has 0 atom stereocenters. The fraction of sp³-hybridized carbons (Fsp3) is 0. The number of halogens is 3. The van der Waals surface area contributed by atoms with Gasteiger partial charge in [-0.15, -0.1) is 0 Å². The van der Waals surface area contributed by atoms with Crippen LogP contribution in [0.3, 0.4) is 0 Å². The van der Waals surface area contributed by atoms with Gasteiger partial charge in [-0.05, 0) is 40.2 Å². The van der Waals surface area contributed by atoms with Crippen LogP contribution < -0.4 is 11.1 Å². The summed E-state index contributed by atoms with van der Waals surface area (Å²) in [6, 6.07) is 7.82. The summed E-state index contributed by atoms with van der Waals surface area (Å²) >= 11 is 8.84. The number of anilines is 3. The van der Waals surface area contributed by atoms with Crippen molar-refractivity contribution >= 4 is 44.7 Å². The van der Waals surface area contributed by atoms with Gasteiger partial charge in [0, 0.05) is 17.4 Å². The Morgan fingerprint density at radius 3 is 2.71 bits per heavy atom. The third kappa shape index (κ3) is 3.08. The van der Waals surface area contributed by atoms with Gasteiger partial charge in [-0.3, -0.25) is 0 Å². The molecule has 0 spiro atoms. The second-order valence-corrected chi connectivity index (χ2v) is 4.60. The molecule has 0 bridgehead atoms. The first kappa shape index (κ1) is 12.1. The molecule has 0 saturated carbocycles. The van der Waals surface area contributed by atoms with E-state index >= 15 is 0 Å². The van der Waals surface area contributed by atoms with Gasteiger partial charge >= 0.3 is 0 Å². The van der Waals surface area contributed by atoms with Crippen molar-refractivity contribution in [1.82, 2.24) is 4.98 Å². The number of nitrogens with zero attached hydrogens (tertiary/aromatic N) is 1. The van der Waals surface area contributed by atoms with Crippen LogP contribution in [0, 0.1) is 5.82 Å². The monoisotopic (exact) mass is 315 g/mol. The molecule has 0 amide bonds. The Morgan fingerprint density at radius 1 is 1.29 bits per heavy atom. The van der Waals surface area contributed by atoms with Crippen molar-refractivity contribution in [2.24, 2.45) is 0 Å². The molecule has 1 heterocycles. The topological polar surface area (TPSA) is 50.9 Å². The van der Waals surface area contributed by atoms with Crippen molar-refractivity contribution in [2.45, 2.75) is 0 Å². The highest BCUT2D eigenvalue weighted by atomic mass is 79.9. The Balaban J connectivity index is 2.28. The van der Waals surface area contributed by atoms with Crippen LogP contribution in [0.1, 0.15) is 0 Å². The van der Waals surface area contributed by atoms with E-state index < -0.39 is 0 Å². The molecule has 0 unspecified atom stereocenters. The molecule has 0 aliphatic rings. The van der Waals surface area contributed by atoms with E-state index in [9.17, 15) is 4.39 Å². The Hall–Kier alpha value is -1.33. The molecule has 3 nitrogen and oxygen atoms in total. The Kier molecular flexibility index (Phi) is 3.49. The zero-order valence-corrected chi connectivity index (χ0v) is 10.9. The molecule has 0 radical (unpaired) electrons. The van der Waals surface area contributed by atoms with Crippen molar-refractivity contribution in [3.8, 4) is 0 Å². The predicted octanol–water partition coefficient (Wildman–Crippen LogP) is 3.96. The summed E-state index contributed by atoms with van der Waals surface area (Å²) in [4.78, 5) is 4.02. The highest BCUT2D eigenvalue weighted by Gasteiger charge is 2.03. The fourth-order valence-electron chi connectivity index (χ4n) is 1.30. The fourth-order valence-corrected chi connectivity index (χ4v) is 1.77. The van der Waals surface area contributed by atoms with Crippen LogP contribution in [0.25, 0.3) is 0 Å². The number of hydrogen-bond donors (Lipinski definition) is 2. The lowest BCUT2D eigenvalue weighted by molar-refractivity contribution is 0.622. The summed E-state index contributed by atoms with van der Waals surface area (Å²) in [6.45, 7) is 0. The average molecular weight is 317 g/mol.